The third-order valence-electron chi connectivity index (χ3n) is 3.02. The van der Waals surface area contributed by atoms with E-state index in [1.54, 1.807) is 0 Å². The van der Waals surface area contributed by atoms with Crippen molar-refractivity contribution in [2.75, 3.05) is 5.32 Å². The summed E-state index contributed by atoms with van der Waals surface area (Å²) in [7, 11) is 0. The van der Waals surface area contributed by atoms with Gasteiger partial charge in [-0.2, -0.15) is 0 Å². The molecule has 98 valence electrons. The van der Waals surface area contributed by atoms with E-state index in [2.05, 4.69) is 10.3 Å². The Kier molecular flexibility index (Phi) is 3.05. The minimum Gasteiger partial charge on any atom is -0.506 e. The zero-order valence-electron chi connectivity index (χ0n) is 10.6. The molecule has 0 unspecified atom stereocenters. The van der Waals surface area contributed by atoms with Gasteiger partial charge in [-0.15, -0.1) is 0 Å². The topological polar surface area (TPSA) is 62.2 Å². The second-order valence-electron chi connectivity index (χ2n) is 4.41. The van der Waals surface area contributed by atoms with Crippen LogP contribution in [-0.2, 0) is 0 Å². The fraction of sp³-hybridized carbons (Fsp3) is 0. The van der Waals surface area contributed by atoms with Gasteiger partial charge < -0.3 is 10.4 Å². The van der Waals surface area contributed by atoms with Crippen LogP contribution in [0.5, 0.6) is 5.75 Å². The van der Waals surface area contributed by atoms with Gasteiger partial charge in [-0.05, 0) is 17.5 Å². The second-order valence-corrected chi connectivity index (χ2v) is 4.41. The van der Waals surface area contributed by atoms with Crippen molar-refractivity contribution >= 4 is 22.4 Å². The molecule has 3 rings (SSSR count). The highest BCUT2D eigenvalue weighted by Crippen LogP contribution is 2.23. The summed E-state index contributed by atoms with van der Waals surface area (Å²) in [5.74, 6) is -0.333. The summed E-state index contributed by atoms with van der Waals surface area (Å²) in [6.45, 7) is 0. The smallest absolute Gasteiger partial charge is 0.257 e. The molecule has 2 aromatic carbocycles. The summed E-state index contributed by atoms with van der Waals surface area (Å²) in [4.78, 5) is 15.9. The van der Waals surface area contributed by atoms with E-state index in [0.717, 1.165) is 16.5 Å². The van der Waals surface area contributed by atoms with Gasteiger partial charge in [0, 0.05) is 17.3 Å². The van der Waals surface area contributed by atoms with E-state index in [1.165, 1.54) is 18.5 Å². The number of hydrogen-bond donors (Lipinski definition) is 2. The Hall–Kier alpha value is -2.88. The van der Waals surface area contributed by atoms with E-state index in [1.807, 2.05) is 42.5 Å². The highest BCUT2D eigenvalue weighted by Gasteiger charge is 2.09. The van der Waals surface area contributed by atoms with Crippen molar-refractivity contribution in [3.63, 3.8) is 0 Å². The number of pyridine rings is 1. The van der Waals surface area contributed by atoms with E-state index in [9.17, 15) is 9.90 Å². The molecule has 3 aromatic rings. The summed E-state index contributed by atoms with van der Waals surface area (Å²) in [5.41, 5.74) is 1.05. The molecule has 1 amide bonds. The Morgan fingerprint density at radius 3 is 2.70 bits per heavy atom. The van der Waals surface area contributed by atoms with Gasteiger partial charge in [0.25, 0.3) is 5.91 Å². The fourth-order valence-corrected chi connectivity index (χ4v) is 2.08. The van der Waals surface area contributed by atoms with Crippen molar-refractivity contribution in [1.82, 2.24) is 4.98 Å². The monoisotopic (exact) mass is 264 g/mol. The quantitative estimate of drug-likeness (QED) is 0.747. The number of anilines is 1. The molecule has 1 heterocycles. The largest absolute Gasteiger partial charge is 0.506 e. The van der Waals surface area contributed by atoms with Crippen molar-refractivity contribution < 1.29 is 9.90 Å². The number of nitrogens with zero attached hydrogens (tertiary/aromatic N) is 1. The van der Waals surface area contributed by atoms with Crippen LogP contribution in [-0.4, -0.2) is 16.0 Å². The van der Waals surface area contributed by atoms with Crippen LogP contribution in [0.3, 0.4) is 0 Å². The molecule has 0 spiro atoms. The number of nitrogens with one attached hydrogen (secondary N) is 1. The zero-order chi connectivity index (χ0) is 13.9. The lowest BCUT2D eigenvalue weighted by atomic mass is 10.1. The zero-order valence-corrected chi connectivity index (χ0v) is 10.6. The molecule has 4 heteroatoms. The van der Waals surface area contributed by atoms with Gasteiger partial charge in [-0.1, -0.05) is 36.4 Å². The van der Waals surface area contributed by atoms with Gasteiger partial charge in [0.2, 0.25) is 0 Å². The normalized spacial score (nSPS) is 10.4. The Balaban J connectivity index is 1.95. The molecule has 0 atom stereocenters. The van der Waals surface area contributed by atoms with Crippen LogP contribution < -0.4 is 5.32 Å². The maximum atomic E-state index is 12.1. The lowest BCUT2D eigenvalue weighted by Crippen LogP contribution is -2.12. The lowest BCUT2D eigenvalue weighted by Gasteiger charge is -2.08. The molecule has 1 aromatic heterocycles. The highest BCUT2D eigenvalue weighted by atomic mass is 16.3. The van der Waals surface area contributed by atoms with Crippen LogP contribution in [0.25, 0.3) is 10.8 Å². The maximum Gasteiger partial charge on any atom is 0.257 e. The first kappa shape index (κ1) is 12.2. The molecule has 2 N–H and O–H groups in total. The van der Waals surface area contributed by atoms with Crippen molar-refractivity contribution in [2.45, 2.75) is 0 Å². The molecule has 0 saturated heterocycles. The summed E-state index contributed by atoms with van der Waals surface area (Å²) in [6.07, 6.45) is 2.70. The number of rotatable bonds is 2. The molecule has 0 aliphatic rings. The van der Waals surface area contributed by atoms with E-state index >= 15 is 0 Å². The maximum absolute atomic E-state index is 12.1. The van der Waals surface area contributed by atoms with E-state index < -0.39 is 0 Å². The Morgan fingerprint density at radius 2 is 1.85 bits per heavy atom. The molecular weight excluding hydrogens is 252 g/mol. The molecule has 20 heavy (non-hydrogen) atoms. The molecule has 0 bridgehead atoms. The summed E-state index contributed by atoms with van der Waals surface area (Å²) >= 11 is 0. The molecule has 4 nitrogen and oxygen atoms in total. The van der Waals surface area contributed by atoms with Gasteiger partial charge in [-0.3, -0.25) is 9.78 Å². The van der Waals surface area contributed by atoms with E-state index in [4.69, 9.17) is 0 Å². The van der Waals surface area contributed by atoms with Gasteiger partial charge in [0.05, 0.1) is 11.8 Å². The van der Waals surface area contributed by atoms with E-state index in [-0.39, 0.29) is 11.7 Å². The number of aromatic hydroxyl groups is 1. The Labute approximate surface area is 115 Å². The first-order valence-electron chi connectivity index (χ1n) is 6.17. The van der Waals surface area contributed by atoms with Crippen molar-refractivity contribution in [2.24, 2.45) is 0 Å². The SMILES string of the molecule is O=C(Nc1cccc2ccccc12)c1cncc(O)c1. The van der Waals surface area contributed by atoms with Gasteiger partial charge in [0.1, 0.15) is 5.75 Å². The van der Waals surface area contributed by atoms with Gasteiger partial charge >= 0.3 is 0 Å². The van der Waals surface area contributed by atoms with Crippen molar-refractivity contribution in [3.8, 4) is 5.75 Å². The molecule has 0 radical (unpaired) electrons. The number of aromatic nitrogens is 1. The number of carbonyl (C=O) groups is 1. The first-order valence-corrected chi connectivity index (χ1v) is 6.17. The predicted molar refractivity (Wildman–Crippen MR) is 77.8 cm³/mol. The van der Waals surface area contributed by atoms with Crippen LogP contribution in [0.15, 0.2) is 60.9 Å². The average molecular weight is 264 g/mol. The molecule has 0 saturated carbocycles. The first-order chi connectivity index (χ1) is 9.74. The molecule has 0 aliphatic heterocycles. The third-order valence-corrected chi connectivity index (χ3v) is 3.02. The summed E-state index contributed by atoms with van der Waals surface area (Å²) in [5, 5.41) is 14.2. The molecular formula is C16H12N2O2. The van der Waals surface area contributed by atoms with Crippen LogP contribution in [0, 0.1) is 0 Å². The van der Waals surface area contributed by atoms with Crippen molar-refractivity contribution in [3.05, 3.63) is 66.5 Å². The number of fused-ring (bicyclic) bond motifs is 1. The average Bonchev–Trinajstić information content (AvgIpc) is 2.47. The third kappa shape index (κ3) is 2.31. The summed E-state index contributed by atoms with van der Waals surface area (Å²) in [6, 6.07) is 14.9. The molecule has 0 aliphatic carbocycles. The van der Waals surface area contributed by atoms with Crippen LogP contribution >= 0.6 is 0 Å². The Morgan fingerprint density at radius 1 is 1.05 bits per heavy atom. The number of carbonyl (C=O) groups excluding carboxylic acids is 1. The van der Waals surface area contributed by atoms with E-state index in [0.29, 0.717) is 5.56 Å². The minimum absolute atomic E-state index is 0.0319. The molecule has 0 fully saturated rings. The fourth-order valence-electron chi connectivity index (χ4n) is 2.08. The lowest BCUT2D eigenvalue weighted by molar-refractivity contribution is 0.102. The minimum atomic E-state index is -0.301. The predicted octanol–water partition coefficient (Wildman–Crippen LogP) is 3.19. The number of hydrogen-bond acceptors (Lipinski definition) is 3. The standard InChI is InChI=1S/C16H12N2O2/c19-13-8-12(9-17-10-13)16(20)18-15-7-3-5-11-4-1-2-6-14(11)15/h1-10,19H,(H,18,20). The van der Waals surface area contributed by atoms with Crippen LogP contribution in [0.1, 0.15) is 10.4 Å². The second kappa shape index (κ2) is 5.01. The highest BCUT2D eigenvalue weighted by molar-refractivity contribution is 6.09. The Bertz CT molecular complexity index is 779. The number of benzene rings is 2. The van der Waals surface area contributed by atoms with Gasteiger partial charge in [0.15, 0.2) is 0 Å². The van der Waals surface area contributed by atoms with Crippen LogP contribution in [0.2, 0.25) is 0 Å². The number of amides is 1. The van der Waals surface area contributed by atoms with Crippen LogP contribution in [0.4, 0.5) is 5.69 Å². The van der Waals surface area contributed by atoms with Crippen molar-refractivity contribution in [1.29, 1.82) is 0 Å². The van der Waals surface area contributed by atoms with Gasteiger partial charge in [-0.25, -0.2) is 0 Å². The summed E-state index contributed by atoms with van der Waals surface area (Å²) < 4.78 is 0.